The Bertz CT molecular complexity index is 815. The molecule has 1 aromatic carbocycles. The standard InChI is InChI=1S/C19H28N2O5S/c1-5-19(3,18(23)26-4)20-17(22)15-10-9-14(2)16(13-15)27(24,25)21-11-7-6-8-12-21/h9-10,13H,5-8,11-12H2,1-4H3,(H,20,22). The number of nitrogens with one attached hydrogen (secondary N) is 1. The molecule has 1 amide bonds. The van der Waals surface area contributed by atoms with Crippen molar-refractivity contribution in [2.75, 3.05) is 20.2 Å². The minimum absolute atomic E-state index is 0.133. The van der Waals surface area contributed by atoms with Crippen molar-refractivity contribution >= 4 is 21.9 Å². The Morgan fingerprint density at radius 2 is 1.85 bits per heavy atom. The van der Waals surface area contributed by atoms with Crippen molar-refractivity contribution in [3.63, 3.8) is 0 Å². The Balaban J connectivity index is 2.33. The molecule has 27 heavy (non-hydrogen) atoms. The van der Waals surface area contributed by atoms with Crippen molar-refractivity contribution in [2.24, 2.45) is 0 Å². The maximum atomic E-state index is 13.0. The molecule has 1 saturated heterocycles. The first kappa shape index (κ1) is 21.4. The average molecular weight is 397 g/mol. The molecule has 0 saturated carbocycles. The van der Waals surface area contributed by atoms with Gasteiger partial charge in [-0.1, -0.05) is 19.4 Å². The van der Waals surface area contributed by atoms with Crippen molar-refractivity contribution in [1.82, 2.24) is 9.62 Å². The lowest BCUT2D eigenvalue weighted by Gasteiger charge is -2.28. The van der Waals surface area contributed by atoms with E-state index in [0.717, 1.165) is 19.3 Å². The van der Waals surface area contributed by atoms with Crippen LogP contribution in [0, 0.1) is 6.92 Å². The van der Waals surface area contributed by atoms with Crippen molar-refractivity contribution in [2.45, 2.75) is 56.9 Å². The zero-order valence-electron chi connectivity index (χ0n) is 16.4. The number of aryl methyl sites for hydroxylation is 1. The van der Waals surface area contributed by atoms with Gasteiger partial charge in [0, 0.05) is 18.7 Å². The Labute approximate surface area is 161 Å². The lowest BCUT2D eigenvalue weighted by Crippen LogP contribution is -2.52. The molecule has 1 aliphatic rings. The number of sulfonamides is 1. The fourth-order valence-corrected chi connectivity index (χ4v) is 4.86. The molecule has 0 spiro atoms. The summed E-state index contributed by atoms with van der Waals surface area (Å²) in [5, 5.41) is 2.67. The Hall–Kier alpha value is -1.93. The number of carbonyl (C=O) groups excluding carboxylic acids is 2. The largest absolute Gasteiger partial charge is 0.467 e. The molecule has 1 fully saturated rings. The minimum atomic E-state index is -3.66. The van der Waals surface area contributed by atoms with E-state index in [9.17, 15) is 18.0 Å². The summed E-state index contributed by atoms with van der Waals surface area (Å²) < 4.78 is 32.2. The van der Waals surface area contributed by atoms with E-state index >= 15 is 0 Å². The van der Waals surface area contributed by atoms with Crippen molar-refractivity contribution in [1.29, 1.82) is 0 Å². The highest BCUT2D eigenvalue weighted by molar-refractivity contribution is 7.89. The van der Waals surface area contributed by atoms with Crippen LogP contribution in [0.15, 0.2) is 23.1 Å². The molecule has 0 aromatic heterocycles. The summed E-state index contributed by atoms with van der Waals surface area (Å²) in [4.78, 5) is 24.8. The molecule has 7 nitrogen and oxygen atoms in total. The van der Waals surface area contributed by atoms with E-state index in [0.29, 0.717) is 25.1 Å². The zero-order chi connectivity index (χ0) is 20.2. The molecule has 8 heteroatoms. The van der Waals surface area contributed by atoms with Crippen LogP contribution in [-0.2, 0) is 19.6 Å². The fourth-order valence-electron chi connectivity index (χ4n) is 3.10. The number of carbonyl (C=O) groups is 2. The molecule has 1 N–H and O–H groups in total. The van der Waals surface area contributed by atoms with E-state index in [2.05, 4.69) is 5.32 Å². The highest BCUT2D eigenvalue weighted by Crippen LogP contribution is 2.25. The number of hydrogen-bond donors (Lipinski definition) is 1. The monoisotopic (exact) mass is 396 g/mol. The quantitative estimate of drug-likeness (QED) is 0.745. The van der Waals surface area contributed by atoms with Gasteiger partial charge >= 0.3 is 5.97 Å². The van der Waals surface area contributed by atoms with Gasteiger partial charge in [0.05, 0.1) is 12.0 Å². The molecular weight excluding hydrogens is 368 g/mol. The van der Waals surface area contributed by atoms with Gasteiger partial charge in [0.2, 0.25) is 10.0 Å². The van der Waals surface area contributed by atoms with Gasteiger partial charge < -0.3 is 10.1 Å². The number of methoxy groups -OCH3 is 1. The van der Waals surface area contributed by atoms with Crippen LogP contribution in [-0.4, -0.2) is 50.3 Å². The van der Waals surface area contributed by atoms with Crippen molar-refractivity contribution < 1.29 is 22.7 Å². The fraction of sp³-hybridized carbons (Fsp3) is 0.579. The van der Waals surface area contributed by atoms with Crippen LogP contribution < -0.4 is 5.32 Å². The Morgan fingerprint density at radius 3 is 2.41 bits per heavy atom. The molecule has 0 aliphatic carbocycles. The third-order valence-corrected chi connectivity index (χ3v) is 7.16. The first-order valence-corrected chi connectivity index (χ1v) is 10.6. The van der Waals surface area contributed by atoms with Gasteiger partial charge in [-0.3, -0.25) is 4.79 Å². The van der Waals surface area contributed by atoms with Gasteiger partial charge in [0.15, 0.2) is 0 Å². The number of benzene rings is 1. The number of esters is 1. The maximum absolute atomic E-state index is 13.0. The van der Waals surface area contributed by atoms with Gasteiger partial charge in [0.1, 0.15) is 5.54 Å². The summed E-state index contributed by atoms with van der Waals surface area (Å²) in [6, 6.07) is 4.57. The lowest BCUT2D eigenvalue weighted by molar-refractivity contribution is -0.147. The van der Waals surface area contributed by atoms with E-state index in [4.69, 9.17) is 4.74 Å². The first-order valence-electron chi connectivity index (χ1n) is 9.17. The maximum Gasteiger partial charge on any atom is 0.331 e. The normalized spacial score (nSPS) is 17.8. The second-order valence-electron chi connectivity index (χ2n) is 7.08. The van der Waals surface area contributed by atoms with Crippen LogP contribution in [0.5, 0.6) is 0 Å². The van der Waals surface area contributed by atoms with Gasteiger partial charge in [-0.05, 0) is 50.8 Å². The van der Waals surface area contributed by atoms with Crippen LogP contribution in [0.2, 0.25) is 0 Å². The van der Waals surface area contributed by atoms with E-state index in [1.165, 1.54) is 17.5 Å². The van der Waals surface area contributed by atoms with Crippen LogP contribution in [0.25, 0.3) is 0 Å². The molecule has 0 bridgehead atoms. The molecule has 1 heterocycles. The van der Waals surface area contributed by atoms with E-state index in [1.807, 2.05) is 0 Å². The molecule has 1 unspecified atom stereocenters. The number of hydrogen-bond acceptors (Lipinski definition) is 5. The summed E-state index contributed by atoms with van der Waals surface area (Å²) in [6.07, 6.45) is 3.05. The minimum Gasteiger partial charge on any atom is -0.467 e. The van der Waals surface area contributed by atoms with Gasteiger partial charge in [-0.25, -0.2) is 13.2 Å². The van der Waals surface area contributed by atoms with Gasteiger partial charge in [-0.15, -0.1) is 0 Å². The van der Waals surface area contributed by atoms with E-state index in [-0.39, 0.29) is 10.5 Å². The number of rotatable bonds is 6. The number of piperidine rings is 1. The molecule has 0 radical (unpaired) electrons. The van der Waals surface area contributed by atoms with Crippen LogP contribution in [0.3, 0.4) is 0 Å². The van der Waals surface area contributed by atoms with Gasteiger partial charge in [0.25, 0.3) is 5.91 Å². The lowest BCUT2D eigenvalue weighted by atomic mass is 9.98. The summed E-state index contributed by atoms with van der Waals surface area (Å²) in [5.41, 5.74) is -0.397. The van der Waals surface area contributed by atoms with Crippen LogP contribution in [0.1, 0.15) is 55.5 Å². The van der Waals surface area contributed by atoms with Crippen LogP contribution in [0.4, 0.5) is 0 Å². The smallest absolute Gasteiger partial charge is 0.331 e. The highest BCUT2D eigenvalue weighted by atomic mass is 32.2. The summed E-state index contributed by atoms with van der Waals surface area (Å²) in [7, 11) is -2.40. The molecule has 1 atom stereocenters. The van der Waals surface area contributed by atoms with Gasteiger partial charge in [-0.2, -0.15) is 4.31 Å². The topological polar surface area (TPSA) is 92.8 Å². The molecule has 2 rings (SSSR count). The number of ether oxygens (including phenoxy) is 1. The van der Waals surface area contributed by atoms with Crippen molar-refractivity contribution in [3.8, 4) is 0 Å². The highest BCUT2D eigenvalue weighted by Gasteiger charge is 2.35. The first-order chi connectivity index (χ1) is 12.7. The molecule has 1 aromatic rings. The second kappa shape index (κ2) is 8.39. The average Bonchev–Trinajstić information content (AvgIpc) is 2.67. The second-order valence-corrected chi connectivity index (χ2v) is 8.98. The Kier molecular flexibility index (Phi) is 6.64. The van der Waals surface area contributed by atoms with Crippen LogP contribution >= 0.6 is 0 Å². The molecule has 1 aliphatic heterocycles. The number of amides is 1. The predicted molar refractivity (Wildman–Crippen MR) is 102 cm³/mol. The zero-order valence-corrected chi connectivity index (χ0v) is 17.2. The Morgan fingerprint density at radius 1 is 1.22 bits per heavy atom. The number of nitrogens with zero attached hydrogens (tertiary/aromatic N) is 1. The van der Waals surface area contributed by atoms with E-state index < -0.39 is 27.4 Å². The summed E-state index contributed by atoms with van der Waals surface area (Å²) in [5.74, 6) is -1.06. The third-order valence-electron chi connectivity index (χ3n) is 5.12. The van der Waals surface area contributed by atoms with Crippen molar-refractivity contribution in [3.05, 3.63) is 29.3 Å². The third kappa shape index (κ3) is 4.50. The SMILES string of the molecule is CCC(C)(NC(=O)c1ccc(C)c(S(=O)(=O)N2CCCCC2)c1)C(=O)OC. The summed E-state index contributed by atoms with van der Waals surface area (Å²) in [6.45, 7) is 6.04. The van der Waals surface area contributed by atoms with E-state index in [1.54, 1.807) is 32.9 Å². The summed E-state index contributed by atoms with van der Waals surface area (Å²) >= 11 is 0. The molecular formula is C19H28N2O5S. The molecule has 150 valence electrons. The predicted octanol–water partition coefficient (Wildman–Crippen LogP) is 2.24.